The van der Waals surface area contributed by atoms with E-state index in [1.807, 2.05) is 24.3 Å². The normalized spacial score (nSPS) is 15.3. The molecule has 0 unspecified atom stereocenters. The van der Waals surface area contributed by atoms with Gasteiger partial charge in [-0.2, -0.15) is 0 Å². The van der Waals surface area contributed by atoms with Crippen molar-refractivity contribution in [1.82, 2.24) is 0 Å². The summed E-state index contributed by atoms with van der Waals surface area (Å²) in [6.07, 6.45) is 0. The van der Waals surface area contributed by atoms with E-state index in [9.17, 15) is 0 Å². The second-order valence-corrected chi connectivity index (χ2v) is 56.4. The Kier molecular flexibility index (Phi) is 15.5. The van der Waals surface area contributed by atoms with Gasteiger partial charge < -0.3 is 38.0 Å². The van der Waals surface area contributed by atoms with Crippen LogP contribution in [0.2, 0.25) is 137 Å². The second-order valence-electron chi connectivity index (χ2n) is 18.9. The van der Waals surface area contributed by atoms with Crippen molar-refractivity contribution in [2.45, 2.75) is 137 Å². The zero-order valence-corrected chi connectivity index (χ0v) is 44.0. The Labute approximate surface area is 307 Å². The average Bonchev–Trinajstić information content (AvgIpc) is 2.69. The van der Waals surface area contributed by atoms with E-state index in [0.29, 0.717) is 17.1 Å². The van der Waals surface area contributed by atoms with Crippen LogP contribution in [0.5, 0.6) is 5.75 Å². The van der Waals surface area contributed by atoms with E-state index in [4.69, 9.17) is 38.0 Å². The molecule has 0 aliphatic carbocycles. The Morgan fingerprint density at radius 3 is 1.00 bits per heavy atom. The molecule has 0 saturated carbocycles. The highest BCUT2D eigenvalue weighted by molar-refractivity contribution is 6.89. The molecule has 19 heteroatoms. The van der Waals surface area contributed by atoms with Gasteiger partial charge in [0.05, 0.1) is 10.9 Å². The predicted octanol–water partition coefficient (Wildman–Crippen LogP) is 9.71. The fourth-order valence-electron chi connectivity index (χ4n) is 4.09. The minimum absolute atomic E-state index is 0.262. The summed E-state index contributed by atoms with van der Waals surface area (Å²) in [5.74, 6) is 1.01. The predicted molar refractivity (Wildman–Crippen MR) is 223 cm³/mol. The number of hydrogen-bond acceptors (Lipinski definition) is 9. The molecule has 0 saturated heterocycles. The fraction of sp³-hybridized carbons (Fsp3) is 0.724. The molecular formula is C29H67O9Si10. The van der Waals surface area contributed by atoms with Gasteiger partial charge in [-0.3, -0.25) is 0 Å². The van der Waals surface area contributed by atoms with Gasteiger partial charge in [0.15, 0.2) is 55.7 Å². The van der Waals surface area contributed by atoms with Crippen molar-refractivity contribution < 1.29 is 38.0 Å². The van der Waals surface area contributed by atoms with E-state index in [1.165, 1.54) is 0 Å². The summed E-state index contributed by atoms with van der Waals surface area (Å²) in [7, 11) is -19.7. The van der Waals surface area contributed by atoms with E-state index >= 15 is 0 Å². The van der Waals surface area contributed by atoms with Gasteiger partial charge in [-0.15, -0.1) is 0 Å². The van der Waals surface area contributed by atoms with Gasteiger partial charge in [0.25, 0.3) is 0 Å². The first kappa shape index (κ1) is 46.3. The van der Waals surface area contributed by atoms with Gasteiger partial charge in [0, 0.05) is 0 Å². The minimum Gasteiger partial charge on any atom is -0.544 e. The second kappa shape index (κ2) is 16.1. The maximum absolute atomic E-state index is 7.21. The molecule has 0 atom stereocenters. The van der Waals surface area contributed by atoms with Crippen LogP contribution in [0.25, 0.3) is 5.76 Å². The van der Waals surface area contributed by atoms with E-state index < -0.39 is 76.3 Å². The van der Waals surface area contributed by atoms with Crippen LogP contribution in [-0.2, 0) is 33.5 Å². The summed E-state index contributed by atoms with van der Waals surface area (Å²) >= 11 is 0. The Hall–Kier alpha value is 0.289. The zero-order valence-electron chi connectivity index (χ0n) is 34.0. The Bertz CT molecular complexity index is 1150. The monoisotopic (exact) mass is 839 g/mol. The third-order valence-electron chi connectivity index (χ3n) is 4.80. The number of para-hydroxylation sites is 1. The van der Waals surface area contributed by atoms with Crippen LogP contribution in [0, 0.1) is 0 Å². The van der Waals surface area contributed by atoms with Gasteiger partial charge in [-0.25, -0.2) is 0 Å². The van der Waals surface area contributed by atoms with Crippen molar-refractivity contribution in [1.29, 1.82) is 0 Å². The van der Waals surface area contributed by atoms with Crippen LogP contribution in [0.3, 0.4) is 0 Å². The van der Waals surface area contributed by atoms with E-state index in [2.05, 4.69) is 148 Å². The van der Waals surface area contributed by atoms with Gasteiger partial charge in [-0.05, 0) is 150 Å². The average molecular weight is 841 g/mol. The molecule has 1 aromatic carbocycles. The van der Waals surface area contributed by atoms with Gasteiger partial charge in [0.1, 0.15) is 16.0 Å². The lowest BCUT2D eigenvalue weighted by molar-refractivity contribution is 0.113. The molecule has 0 aromatic heterocycles. The zero-order chi connectivity index (χ0) is 38.0. The molecule has 0 fully saturated rings. The topological polar surface area (TPSA) is 83.1 Å². The molecule has 0 heterocycles. The first-order chi connectivity index (χ1) is 20.9. The summed E-state index contributed by atoms with van der Waals surface area (Å²) in [5, 5.41) is 0.262. The molecule has 277 valence electrons. The van der Waals surface area contributed by atoms with Crippen molar-refractivity contribution in [3.05, 3.63) is 35.2 Å². The molecule has 3 radical (unpaired) electrons. The molecule has 0 N–H and O–H groups in total. The van der Waals surface area contributed by atoms with E-state index in [-0.39, 0.29) is 5.38 Å². The fourth-order valence-corrected chi connectivity index (χ4v) is 28.6. The molecule has 9 nitrogen and oxygen atoms in total. The first-order valence-electron chi connectivity index (χ1n) is 16.8. The van der Waals surface area contributed by atoms with E-state index in [1.54, 1.807) is 0 Å². The highest BCUT2D eigenvalue weighted by atomic mass is 28.5. The van der Waals surface area contributed by atoms with E-state index in [0.717, 1.165) is 0 Å². The molecule has 0 spiro atoms. The summed E-state index contributed by atoms with van der Waals surface area (Å²) in [4.78, 5) is 0. The van der Waals surface area contributed by atoms with Crippen molar-refractivity contribution in [3.8, 4) is 5.75 Å². The molecule has 0 bridgehead atoms. The van der Waals surface area contributed by atoms with Gasteiger partial charge >= 0.3 is 18.1 Å². The number of rotatable bonds is 19. The third-order valence-corrected chi connectivity index (χ3v) is 27.8. The molecule has 0 aliphatic rings. The van der Waals surface area contributed by atoms with Crippen LogP contribution >= 0.6 is 0 Å². The van der Waals surface area contributed by atoms with Crippen LogP contribution in [0.15, 0.2) is 29.6 Å². The Morgan fingerprint density at radius 2 is 0.708 bits per heavy atom. The first-order valence-corrected chi connectivity index (χ1v) is 44.4. The summed E-state index contributed by atoms with van der Waals surface area (Å²) in [6.45, 7) is 44.6. The lowest BCUT2D eigenvalue weighted by Gasteiger charge is -2.43. The smallest absolute Gasteiger partial charge is 0.544 e. The van der Waals surface area contributed by atoms with Crippen LogP contribution in [0.4, 0.5) is 0 Å². The van der Waals surface area contributed by atoms with Crippen molar-refractivity contribution in [2.75, 3.05) is 0 Å². The molecule has 0 amide bonds. The molecule has 0 aliphatic heterocycles. The molecule has 1 aromatic rings. The maximum Gasteiger partial charge on any atom is 0.717 e. The molecular weight excluding hydrogens is 773 g/mol. The van der Waals surface area contributed by atoms with Crippen LogP contribution < -0.4 is 4.43 Å². The Morgan fingerprint density at radius 1 is 0.417 bits per heavy atom. The number of benzene rings is 1. The van der Waals surface area contributed by atoms with Crippen molar-refractivity contribution in [2.24, 2.45) is 0 Å². The van der Waals surface area contributed by atoms with Crippen molar-refractivity contribution in [3.63, 3.8) is 0 Å². The molecule has 48 heavy (non-hydrogen) atoms. The quantitative estimate of drug-likeness (QED) is 0.1000. The lowest BCUT2D eigenvalue weighted by Crippen LogP contribution is -2.63. The summed E-state index contributed by atoms with van der Waals surface area (Å²) in [6, 6.07) is 7.84. The SMILES string of the molecule is C[Si](C)(C)Oc1ccccc1C(O[Si](O[Si](C)(C)C)(O[Si](C)(C)C)O[Si](C)(C)C)=C([Si])O[Si](O[Si](C)(C)C)(O[Si](C)(C)C)O[Si](C)(C)C. The van der Waals surface area contributed by atoms with Crippen LogP contribution in [-0.4, -0.2) is 86.6 Å². The van der Waals surface area contributed by atoms with Gasteiger partial charge in [0.2, 0.25) is 8.32 Å². The summed E-state index contributed by atoms with van der Waals surface area (Å²) < 4.78 is 62.4. The number of hydrogen-bond donors (Lipinski definition) is 0. The highest BCUT2D eigenvalue weighted by Crippen LogP contribution is 2.38. The Balaban J connectivity index is 4.38. The maximum atomic E-state index is 7.21. The van der Waals surface area contributed by atoms with Crippen molar-refractivity contribution >= 4 is 92.3 Å². The third kappa shape index (κ3) is 19.2. The molecule has 1 rings (SSSR count). The minimum atomic E-state index is -3.92. The lowest BCUT2D eigenvalue weighted by atomic mass is 10.2. The van der Waals surface area contributed by atoms with Gasteiger partial charge in [-0.1, -0.05) is 12.1 Å². The highest BCUT2D eigenvalue weighted by Gasteiger charge is 2.59. The standard InChI is InChI=1S/C29H67O9Si10/c1-40(2,3)30-27-25-23-22-24-26(27)28(31-47(33-41(4,5)6,34-42(7,8)9)35-43(10,11)12)29(39)32-48(36-44(13,14)15,37-45(16,17)18)38-46(19,20)21/h22-25H,1-21H3. The van der Waals surface area contributed by atoms with Crippen LogP contribution in [0.1, 0.15) is 5.56 Å². The summed E-state index contributed by atoms with van der Waals surface area (Å²) in [5.41, 5.74) is 0.677. The largest absolute Gasteiger partial charge is 0.717 e.